The fraction of sp³-hybridized carbons (Fsp3) is 0.889. The van der Waals surface area contributed by atoms with Gasteiger partial charge in [-0.2, -0.15) is 13.2 Å². The summed E-state index contributed by atoms with van der Waals surface area (Å²) in [5.41, 5.74) is -0.799. The van der Waals surface area contributed by atoms with E-state index in [-0.39, 0.29) is 5.92 Å². The smallest absolute Gasteiger partial charge is 0.333 e. The third-order valence-corrected chi connectivity index (χ3v) is 2.82. The first-order valence-electron chi connectivity index (χ1n) is 4.36. The van der Waals surface area contributed by atoms with E-state index in [0.29, 0.717) is 0 Å². The molecular weight excluding hydrogens is 195 g/mol. The minimum Gasteiger partial charge on any atom is -0.333 e. The molecular formula is C9H16F3NO. The van der Waals surface area contributed by atoms with E-state index in [9.17, 15) is 18.0 Å². The molecule has 0 aromatic rings. The molecule has 0 N–H and O–H groups in total. The van der Waals surface area contributed by atoms with Crippen molar-refractivity contribution in [3.63, 3.8) is 0 Å². The predicted molar refractivity (Wildman–Crippen MR) is 47.7 cm³/mol. The molecule has 0 saturated carbocycles. The van der Waals surface area contributed by atoms with Crippen LogP contribution >= 0.6 is 0 Å². The molecule has 0 aliphatic heterocycles. The van der Waals surface area contributed by atoms with Gasteiger partial charge in [-0.1, -0.05) is 13.8 Å². The zero-order valence-electron chi connectivity index (χ0n) is 9.07. The number of hydrogen-bond donors (Lipinski definition) is 0. The molecule has 5 heteroatoms. The summed E-state index contributed by atoms with van der Waals surface area (Å²) in [6, 6.07) is 0. The summed E-state index contributed by atoms with van der Waals surface area (Å²) >= 11 is 0. The van der Waals surface area contributed by atoms with Crippen molar-refractivity contribution in [2.45, 2.75) is 39.4 Å². The lowest BCUT2D eigenvalue weighted by atomic mass is 9.89. The number of carbonyl (C=O) groups is 1. The van der Waals surface area contributed by atoms with Gasteiger partial charge in [0.05, 0.1) is 0 Å². The molecule has 0 aromatic carbocycles. The first kappa shape index (κ1) is 13.3. The van der Waals surface area contributed by atoms with Crippen molar-refractivity contribution in [1.82, 2.24) is 4.90 Å². The Labute approximate surface area is 82.1 Å². The predicted octanol–water partition coefficient (Wildman–Crippen LogP) is 2.44. The largest absolute Gasteiger partial charge is 0.471 e. The van der Waals surface area contributed by atoms with Gasteiger partial charge in [0.2, 0.25) is 0 Å². The summed E-state index contributed by atoms with van der Waals surface area (Å²) in [6.45, 7) is 6.78. The van der Waals surface area contributed by atoms with Gasteiger partial charge in [-0.25, -0.2) is 0 Å². The van der Waals surface area contributed by atoms with E-state index in [1.54, 1.807) is 27.7 Å². The van der Waals surface area contributed by atoms with Crippen LogP contribution in [0.3, 0.4) is 0 Å². The lowest BCUT2D eigenvalue weighted by Crippen LogP contribution is -2.53. The second-order valence-electron chi connectivity index (χ2n) is 4.17. The maximum atomic E-state index is 12.1. The Bertz CT molecular complexity index is 221. The topological polar surface area (TPSA) is 20.3 Å². The molecule has 0 fully saturated rings. The van der Waals surface area contributed by atoms with Crippen molar-refractivity contribution in [3.05, 3.63) is 0 Å². The van der Waals surface area contributed by atoms with Gasteiger partial charge in [0.15, 0.2) is 0 Å². The van der Waals surface area contributed by atoms with Crippen molar-refractivity contribution in [2.24, 2.45) is 5.92 Å². The number of hydrogen-bond acceptors (Lipinski definition) is 1. The standard InChI is InChI=1S/C9H16F3NO/c1-6(2)8(3,4)13(5)7(14)9(10,11)12/h6H,1-5H3. The highest BCUT2D eigenvalue weighted by molar-refractivity contribution is 5.82. The third kappa shape index (κ3) is 2.62. The van der Waals surface area contributed by atoms with Crippen molar-refractivity contribution in [2.75, 3.05) is 7.05 Å². The lowest BCUT2D eigenvalue weighted by molar-refractivity contribution is -0.190. The Morgan fingerprint density at radius 3 is 1.79 bits per heavy atom. The summed E-state index contributed by atoms with van der Waals surface area (Å²) < 4.78 is 36.3. The molecule has 0 rings (SSSR count). The average molecular weight is 211 g/mol. The van der Waals surface area contributed by atoms with Gasteiger partial charge in [0.25, 0.3) is 0 Å². The van der Waals surface area contributed by atoms with Crippen molar-refractivity contribution in [1.29, 1.82) is 0 Å². The molecule has 0 aliphatic carbocycles. The van der Waals surface area contributed by atoms with E-state index in [1.165, 1.54) is 7.05 Å². The van der Waals surface area contributed by atoms with Gasteiger partial charge in [0, 0.05) is 12.6 Å². The summed E-state index contributed by atoms with van der Waals surface area (Å²) in [6.07, 6.45) is -4.79. The number of rotatable bonds is 2. The molecule has 84 valence electrons. The zero-order chi connectivity index (χ0) is 11.7. The molecule has 0 atom stereocenters. The second kappa shape index (κ2) is 3.79. The van der Waals surface area contributed by atoms with E-state index in [1.807, 2.05) is 0 Å². The van der Waals surface area contributed by atoms with E-state index in [0.717, 1.165) is 4.90 Å². The first-order valence-corrected chi connectivity index (χ1v) is 4.36. The van der Waals surface area contributed by atoms with Gasteiger partial charge < -0.3 is 4.90 Å². The molecule has 0 bridgehead atoms. The SMILES string of the molecule is CC(C)C(C)(C)N(C)C(=O)C(F)(F)F. The second-order valence-corrected chi connectivity index (χ2v) is 4.17. The monoisotopic (exact) mass is 211 g/mol. The lowest BCUT2D eigenvalue weighted by Gasteiger charge is -2.39. The number of nitrogens with zero attached hydrogens (tertiary/aromatic N) is 1. The molecule has 2 nitrogen and oxygen atoms in total. The number of carbonyl (C=O) groups excluding carboxylic acids is 1. The van der Waals surface area contributed by atoms with Gasteiger partial charge >= 0.3 is 12.1 Å². The molecule has 0 spiro atoms. The zero-order valence-corrected chi connectivity index (χ0v) is 9.07. The number of halogens is 3. The number of alkyl halides is 3. The number of amides is 1. The normalized spacial score (nSPS) is 13.2. The highest BCUT2D eigenvalue weighted by atomic mass is 19.4. The highest BCUT2D eigenvalue weighted by Gasteiger charge is 2.45. The summed E-state index contributed by atoms with van der Waals surface area (Å²) in [5, 5.41) is 0. The van der Waals surface area contributed by atoms with E-state index in [2.05, 4.69) is 0 Å². The Hall–Kier alpha value is -0.740. The van der Waals surface area contributed by atoms with Crippen LogP contribution in [0.1, 0.15) is 27.7 Å². The Morgan fingerprint density at radius 1 is 1.21 bits per heavy atom. The maximum Gasteiger partial charge on any atom is 0.471 e. The Kier molecular flexibility index (Phi) is 3.59. The molecule has 0 radical (unpaired) electrons. The van der Waals surface area contributed by atoms with Crippen LogP contribution < -0.4 is 0 Å². The van der Waals surface area contributed by atoms with Crippen LogP contribution in [0.15, 0.2) is 0 Å². The van der Waals surface area contributed by atoms with Crippen molar-refractivity contribution in [3.8, 4) is 0 Å². The van der Waals surface area contributed by atoms with E-state index in [4.69, 9.17) is 0 Å². The van der Waals surface area contributed by atoms with Crippen LogP contribution in [-0.4, -0.2) is 29.6 Å². The van der Waals surface area contributed by atoms with Gasteiger partial charge in [-0.3, -0.25) is 4.79 Å². The third-order valence-electron chi connectivity index (χ3n) is 2.82. The van der Waals surface area contributed by atoms with Crippen molar-refractivity contribution < 1.29 is 18.0 Å². The van der Waals surface area contributed by atoms with Crippen LogP contribution in [-0.2, 0) is 4.79 Å². The first-order chi connectivity index (χ1) is 6.01. The fourth-order valence-electron chi connectivity index (χ4n) is 0.839. The molecule has 14 heavy (non-hydrogen) atoms. The van der Waals surface area contributed by atoms with Crippen LogP contribution in [0.2, 0.25) is 0 Å². The minimum absolute atomic E-state index is 0.0428. The molecule has 0 aliphatic rings. The van der Waals surface area contributed by atoms with Gasteiger partial charge in [0.1, 0.15) is 0 Å². The molecule has 0 saturated heterocycles. The summed E-state index contributed by atoms with van der Waals surface area (Å²) in [5.74, 6) is -1.84. The van der Waals surface area contributed by atoms with Gasteiger partial charge in [-0.15, -0.1) is 0 Å². The van der Waals surface area contributed by atoms with Crippen molar-refractivity contribution >= 4 is 5.91 Å². The summed E-state index contributed by atoms with van der Waals surface area (Å²) in [7, 11) is 1.18. The highest BCUT2D eigenvalue weighted by Crippen LogP contribution is 2.27. The molecule has 0 heterocycles. The van der Waals surface area contributed by atoms with Crippen LogP contribution in [0.4, 0.5) is 13.2 Å². The summed E-state index contributed by atoms with van der Waals surface area (Å²) in [4.78, 5) is 11.7. The van der Waals surface area contributed by atoms with E-state index < -0.39 is 17.6 Å². The van der Waals surface area contributed by atoms with Crippen LogP contribution in [0.5, 0.6) is 0 Å². The Morgan fingerprint density at radius 2 is 1.57 bits per heavy atom. The molecule has 1 amide bonds. The average Bonchev–Trinajstić information content (AvgIpc) is 1.99. The Balaban J connectivity index is 4.80. The quantitative estimate of drug-likeness (QED) is 0.687. The minimum atomic E-state index is -4.79. The molecule has 0 unspecified atom stereocenters. The van der Waals surface area contributed by atoms with Crippen LogP contribution in [0.25, 0.3) is 0 Å². The van der Waals surface area contributed by atoms with Crippen LogP contribution in [0, 0.1) is 5.92 Å². The fourth-order valence-corrected chi connectivity index (χ4v) is 0.839. The van der Waals surface area contributed by atoms with Gasteiger partial charge in [-0.05, 0) is 19.8 Å². The maximum absolute atomic E-state index is 12.1. The molecule has 0 aromatic heterocycles. The van der Waals surface area contributed by atoms with E-state index >= 15 is 0 Å².